The molecular weight excluding hydrogens is 274 g/mol. The fourth-order valence-electron chi connectivity index (χ4n) is 2.84. The van der Waals surface area contributed by atoms with Crippen LogP contribution in [0.4, 0.5) is 0 Å². The van der Waals surface area contributed by atoms with Crippen molar-refractivity contribution in [1.29, 1.82) is 0 Å². The smallest absolute Gasteiger partial charge is 0.170 e. The predicted octanol–water partition coefficient (Wildman–Crippen LogP) is 3.95. The van der Waals surface area contributed by atoms with Crippen molar-refractivity contribution >= 4 is 5.78 Å². The molecule has 3 nitrogen and oxygen atoms in total. The van der Waals surface area contributed by atoms with Gasteiger partial charge >= 0.3 is 0 Å². The molecule has 1 saturated heterocycles. The van der Waals surface area contributed by atoms with E-state index in [0.717, 1.165) is 37.2 Å². The minimum atomic E-state index is 0.0240. The first kappa shape index (κ1) is 17.0. The van der Waals surface area contributed by atoms with Crippen LogP contribution in [0.25, 0.3) is 0 Å². The van der Waals surface area contributed by atoms with Gasteiger partial charge in [-0.25, -0.2) is 0 Å². The molecule has 1 heterocycles. The summed E-state index contributed by atoms with van der Waals surface area (Å²) >= 11 is 0. The Morgan fingerprint density at radius 3 is 2.59 bits per heavy atom. The molecule has 1 fully saturated rings. The molecule has 1 aliphatic heterocycles. The molecule has 0 aliphatic carbocycles. The van der Waals surface area contributed by atoms with Crippen LogP contribution in [0, 0.1) is 5.92 Å². The van der Waals surface area contributed by atoms with Crippen molar-refractivity contribution < 1.29 is 9.53 Å². The lowest BCUT2D eigenvalue weighted by atomic mass is 9.83. The largest absolute Gasteiger partial charge is 0.490 e. The molecule has 2 rings (SSSR count). The van der Waals surface area contributed by atoms with Crippen molar-refractivity contribution in [3.8, 4) is 5.75 Å². The van der Waals surface area contributed by atoms with Gasteiger partial charge < -0.3 is 10.1 Å². The molecule has 0 amide bonds. The minimum Gasteiger partial charge on any atom is -0.490 e. The average molecular weight is 303 g/mol. The van der Waals surface area contributed by atoms with Gasteiger partial charge in [0.2, 0.25) is 0 Å². The molecule has 0 aromatic heterocycles. The van der Waals surface area contributed by atoms with Crippen LogP contribution in [-0.4, -0.2) is 25.0 Å². The molecule has 22 heavy (non-hydrogen) atoms. The highest BCUT2D eigenvalue weighted by Crippen LogP contribution is 2.31. The van der Waals surface area contributed by atoms with Gasteiger partial charge in [0.05, 0.1) is 11.7 Å². The highest BCUT2D eigenvalue weighted by molar-refractivity contribution is 6.00. The Hall–Kier alpha value is -1.35. The Balaban J connectivity index is 2.37. The van der Waals surface area contributed by atoms with E-state index in [0.29, 0.717) is 0 Å². The highest BCUT2D eigenvalue weighted by Gasteiger charge is 2.26. The van der Waals surface area contributed by atoms with Crippen LogP contribution in [0.15, 0.2) is 18.2 Å². The maximum Gasteiger partial charge on any atom is 0.170 e. The summed E-state index contributed by atoms with van der Waals surface area (Å²) in [6, 6.07) is 6.08. The molecule has 3 heteroatoms. The van der Waals surface area contributed by atoms with Crippen molar-refractivity contribution in [2.45, 2.75) is 59.0 Å². The number of Topliss-reactive ketones (excluding diaryl/α,β-unsaturated/α-hetero) is 1. The normalized spacial score (nSPS) is 19.3. The van der Waals surface area contributed by atoms with Crippen molar-refractivity contribution in [3.05, 3.63) is 29.3 Å². The molecule has 0 bridgehead atoms. The third-order valence-corrected chi connectivity index (χ3v) is 4.14. The fourth-order valence-corrected chi connectivity index (χ4v) is 2.84. The molecule has 0 saturated carbocycles. The first-order valence-corrected chi connectivity index (χ1v) is 8.35. The van der Waals surface area contributed by atoms with Crippen LogP contribution in [0.3, 0.4) is 0 Å². The van der Waals surface area contributed by atoms with Gasteiger partial charge in [-0.3, -0.25) is 4.79 Å². The zero-order valence-electron chi connectivity index (χ0n) is 14.5. The summed E-state index contributed by atoms with van der Waals surface area (Å²) in [4.78, 5) is 13.0. The first-order chi connectivity index (χ1) is 10.3. The second-order valence-corrected chi connectivity index (χ2v) is 7.54. The number of hydrogen-bond acceptors (Lipinski definition) is 3. The van der Waals surface area contributed by atoms with E-state index in [-0.39, 0.29) is 23.2 Å². The Morgan fingerprint density at radius 1 is 1.32 bits per heavy atom. The van der Waals surface area contributed by atoms with Crippen molar-refractivity contribution in [2.24, 2.45) is 5.92 Å². The van der Waals surface area contributed by atoms with Crippen LogP contribution >= 0.6 is 0 Å². The number of nitrogens with one attached hydrogen (secondary N) is 1. The van der Waals surface area contributed by atoms with Gasteiger partial charge in [-0.2, -0.15) is 0 Å². The highest BCUT2D eigenvalue weighted by atomic mass is 16.5. The summed E-state index contributed by atoms with van der Waals surface area (Å²) < 4.78 is 5.88. The van der Waals surface area contributed by atoms with Crippen molar-refractivity contribution in [3.63, 3.8) is 0 Å². The molecule has 1 aliphatic rings. The Bertz CT molecular complexity index is 523. The number of ketones is 1. The third-order valence-electron chi connectivity index (χ3n) is 4.14. The number of benzene rings is 1. The van der Waals surface area contributed by atoms with E-state index in [4.69, 9.17) is 4.74 Å². The van der Waals surface area contributed by atoms with Crippen LogP contribution in [0.5, 0.6) is 5.75 Å². The van der Waals surface area contributed by atoms with Gasteiger partial charge in [-0.05, 0) is 56.3 Å². The van der Waals surface area contributed by atoms with E-state index in [2.05, 4.69) is 32.2 Å². The third kappa shape index (κ3) is 4.10. The molecular formula is C19H29NO2. The van der Waals surface area contributed by atoms with E-state index in [1.54, 1.807) is 0 Å². The second kappa shape index (κ2) is 6.82. The first-order valence-electron chi connectivity index (χ1n) is 8.35. The summed E-state index contributed by atoms with van der Waals surface area (Å²) in [6.45, 7) is 12.3. The Kier molecular flexibility index (Phi) is 5.28. The van der Waals surface area contributed by atoms with E-state index >= 15 is 0 Å². The number of hydrogen-bond donors (Lipinski definition) is 1. The van der Waals surface area contributed by atoms with E-state index in [1.807, 2.05) is 26.0 Å². The minimum absolute atomic E-state index is 0.0240. The Labute approximate surface area is 134 Å². The molecule has 1 aromatic carbocycles. The van der Waals surface area contributed by atoms with Crippen LogP contribution < -0.4 is 10.1 Å². The molecule has 1 N–H and O–H groups in total. The van der Waals surface area contributed by atoms with Gasteiger partial charge in [0, 0.05) is 12.5 Å². The lowest BCUT2D eigenvalue weighted by Gasteiger charge is -2.25. The predicted molar refractivity (Wildman–Crippen MR) is 90.8 cm³/mol. The lowest BCUT2D eigenvalue weighted by molar-refractivity contribution is 0.0893. The van der Waals surface area contributed by atoms with E-state index in [9.17, 15) is 4.79 Å². The van der Waals surface area contributed by atoms with E-state index < -0.39 is 0 Å². The standard InChI is InChI=1S/C19H29NO2/c1-13(2)22-17-9-8-15(19(3,4)5)11-16(17)18(21)14-7-6-10-20-12-14/h8-9,11,13-14,20H,6-7,10,12H2,1-5H3. The summed E-state index contributed by atoms with van der Waals surface area (Å²) in [5, 5.41) is 3.33. The molecule has 1 unspecified atom stereocenters. The second-order valence-electron chi connectivity index (χ2n) is 7.54. The average Bonchev–Trinajstić information content (AvgIpc) is 2.46. The summed E-state index contributed by atoms with van der Waals surface area (Å²) in [6.07, 6.45) is 2.10. The number of piperidine rings is 1. The van der Waals surface area contributed by atoms with Gasteiger partial charge in [-0.1, -0.05) is 26.8 Å². The van der Waals surface area contributed by atoms with Crippen LogP contribution in [0.2, 0.25) is 0 Å². The monoisotopic (exact) mass is 303 g/mol. The van der Waals surface area contributed by atoms with Crippen LogP contribution in [-0.2, 0) is 5.41 Å². The van der Waals surface area contributed by atoms with E-state index in [1.165, 1.54) is 5.56 Å². The number of rotatable bonds is 4. The fraction of sp³-hybridized carbons (Fsp3) is 0.632. The zero-order chi connectivity index (χ0) is 16.3. The number of ether oxygens (including phenoxy) is 1. The summed E-state index contributed by atoms with van der Waals surface area (Å²) in [5.41, 5.74) is 1.95. The van der Waals surface area contributed by atoms with Crippen molar-refractivity contribution in [1.82, 2.24) is 5.32 Å². The molecule has 0 radical (unpaired) electrons. The SMILES string of the molecule is CC(C)Oc1ccc(C(C)(C)C)cc1C(=O)C1CCCNC1. The topological polar surface area (TPSA) is 38.3 Å². The van der Waals surface area contributed by atoms with Crippen molar-refractivity contribution in [2.75, 3.05) is 13.1 Å². The molecule has 0 spiro atoms. The quantitative estimate of drug-likeness (QED) is 0.856. The lowest BCUT2D eigenvalue weighted by Crippen LogP contribution is -2.34. The molecule has 122 valence electrons. The van der Waals surface area contributed by atoms with Gasteiger partial charge in [0.15, 0.2) is 5.78 Å². The number of carbonyl (C=O) groups excluding carboxylic acids is 1. The number of carbonyl (C=O) groups is 1. The summed E-state index contributed by atoms with van der Waals surface area (Å²) in [5.74, 6) is 1.01. The van der Waals surface area contributed by atoms with Gasteiger partial charge in [0.25, 0.3) is 0 Å². The Morgan fingerprint density at radius 2 is 2.05 bits per heavy atom. The maximum absolute atomic E-state index is 13.0. The van der Waals surface area contributed by atoms with Gasteiger partial charge in [0.1, 0.15) is 5.75 Å². The molecule has 1 aromatic rings. The van der Waals surface area contributed by atoms with Gasteiger partial charge in [-0.15, -0.1) is 0 Å². The summed E-state index contributed by atoms with van der Waals surface area (Å²) in [7, 11) is 0. The zero-order valence-corrected chi connectivity index (χ0v) is 14.5. The van der Waals surface area contributed by atoms with Crippen LogP contribution in [0.1, 0.15) is 63.4 Å². The molecule has 1 atom stereocenters. The maximum atomic E-state index is 13.0.